The molecule has 0 aliphatic heterocycles. The van der Waals surface area contributed by atoms with E-state index < -0.39 is 0 Å². The molecule has 0 saturated heterocycles. The molecule has 3 N–H and O–H groups in total. The molecule has 0 heterocycles. The molecule has 0 unspecified atom stereocenters. The topological polar surface area (TPSA) is 64.3 Å². The SMILES string of the molecule is COC(=O)c1cc(N)c(N[C@H]2C[C@@H](C)CC(C)(C)C2)cc1C. The van der Waals surface area contributed by atoms with E-state index >= 15 is 0 Å². The summed E-state index contributed by atoms with van der Waals surface area (Å²) in [5.74, 6) is 0.362. The number of nitrogen functional groups attached to an aromatic ring is 1. The van der Waals surface area contributed by atoms with Crippen molar-refractivity contribution in [2.24, 2.45) is 11.3 Å². The van der Waals surface area contributed by atoms with Gasteiger partial charge in [0.05, 0.1) is 24.0 Å². The molecule has 1 fully saturated rings. The van der Waals surface area contributed by atoms with E-state index in [1.165, 1.54) is 13.5 Å². The zero-order valence-electron chi connectivity index (χ0n) is 14.3. The molecule has 0 aromatic heterocycles. The molecule has 0 spiro atoms. The molecule has 4 heteroatoms. The van der Waals surface area contributed by atoms with Gasteiger partial charge in [-0.05, 0) is 55.2 Å². The van der Waals surface area contributed by atoms with Crippen LogP contribution in [0.2, 0.25) is 0 Å². The van der Waals surface area contributed by atoms with Gasteiger partial charge in [-0.3, -0.25) is 0 Å². The fourth-order valence-corrected chi connectivity index (χ4v) is 3.86. The van der Waals surface area contributed by atoms with Crippen molar-refractivity contribution in [3.8, 4) is 0 Å². The van der Waals surface area contributed by atoms with Crippen LogP contribution in [0.1, 0.15) is 56.0 Å². The number of rotatable bonds is 3. The van der Waals surface area contributed by atoms with Crippen LogP contribution in [-0.4, -0.2) is 19.1 Å². The number of nitrogens with two attached hydrogens (primary N) is 1. The van der Waals surface area contributed by atoms with Gasteiger partial charge in [0.25, 0.3) is 0 Å². The third-order valence-electron chi connectivity index (χ3n) is 4.55. The van der Waals surface area contributed by atoms with E-state index in [1.807, 2.05) is 13.0 Å². The summed E-state index contributed by atoms with van der Waals surface area (Å²) in [5.41, 5.74) is 9.41. The van der Waals surface area contributed by atoms with Crippen molar-refractivity contribution >= 4 is 17.3 Å². The van der Waals surface area contributed by atoms with Crippen LogP contribution in [0.3, 0.4) is 0 Å². The lowest BCUT2D eigenvalue weighted by atomic mass is 9.70. The van der Waals surface area contributed by atoms with Crippen LogP contribution in [0.25, 0.3) is 0 Å². The van der Waals surface area contributed by atoms with Crippen LogP contribution in [0, 0.1) is 18.3 Å². The molecule has 1 aliphatic carbocycles. The van der Waals surface area contributed by atoms with Gasteiger partial charge in [-0.25, -0.2) is 4.79 Å². The Bertz CT molecular complexity index is 566. The van der Waals surface area contributed by atoms with Crippen LogP contribution in [0.5, 0.6) is 0 Å². The quantitative estimate of drug-likeness (QED) is 0.654. The number of carbonyl (C=O) groups excluding carboxylic acids is 1. The maximum absolute atomic E-state index is 11.7. The van der Waals surface area contributed by atoms with Crippen LogP contribution in [-0.2, 0) is 4.74 Å². The van der Waals surface area contributed by atoms with Crippen molar-refractivity contribution < 1.29 is 9.53 Å². The fraction of sp³-hybridized carbons (Fsp3) is 0.611. The Balaban J connectivity index is 2.20. The van der Waals surface area contributed by atoms with Gasteiger partial charge in [0.1, 0.15) is 0 Å². The number of esters is 1. The maximum atomic E-state index is 11.7. The molecular weight excluding hydrogens is 276 g/mol. The van der Waals surface area contributed by atoms with E-state index in [0.29, 0.717) is 28.6 Å². The van der Waals surface area contributed by atoms with Crippen molar-refractivity contribution in [1.82, 2.24) is 0 Å². The predicted octanol–water partition coefficient (Wildman–Crippen LogP) is 3.99. The second kappa shape index (κ2) is 6.19. The summed E-state index contributed by atoms with van der Waals surface area (Å²) in [5, 5.41) is 3.58. The first-order valence-electron chi connectivity index (χ1n) is 7.97. The smallest absolute Gasteiger partial charge is 0.338 e. The van der Waals surface area contributed by atoms with Crippen molar-refractivity contribution in [2.75, 3.05) is 18.2 Å². The van der Waals surface area contributed by atoms with E-state index in [4.69, 9.17) is 10.5 Å². The summed E-state index contributed by atoms with van der Waals surface area (Å²) in [6.45, 7) is 8.87. The Hall–Kier alpha value is -1.71. The molecule has 1 aromatic rings. The Morgan fingerprint density at radius 2 is 2.05 bits per heavy atom. The van der Waals surface area contributed by atoms with Gasteiger partial charge in [-0.2, -0.15) is 0 Å². The minimum absolute atomic E-state index is 0.344. The normalized spacial score (nSPS) is 23.9. The molecule has 0 amide bonds. The van der Waals surface area contributed by atoms with Crippen LogP contribution < -0.4 is 11.1 Å². The monoisotopic (exact) mass is 304 g/mol. The highest BCUT2D eigenvalue weighted by Gasteiger charge is 2.32. The minimum atomic E-state index is -0.344. The van der Waals surface area contributed by atoms with E-state index in [9.17, 15) is 4.79 Å². The van der Waals surface area contributed by atoms with Gasteiger partial charge in [-0.1, -0.05) is 20.8 Å². The van der Waals surface area contributed by atoms with Gasteiger partial charge in [-0.15, -0.1) is 0 Å². The van der Waals surface area contributed by atoms with E-state index in [0.717, 1.165) is 24.1 Å². The number of nitrogens with one attached hydrogen (secondary N) is 1. The number of benzene rings is 1. The van der Waals surface area contributed by atoms with E-state index in [2.05, 4.69) is 26.1 Å². The van der Waals surface area contributed by atoms with Gasteiger partial charge in [0, 0.05) is 6.04 Å². The lowest BCUT2D eigenvalue weighted by molar-refractivity contribution is 0.0600. The molecule has 2 atom stereocenters. The van der Waals surface area contributed by atoms with E-state index in [1.54, 1.807) is 6.07 Å². The molecule has 0 radical (unpaired) electrons. The largest absolute Gasteiger partial charge is 0.465 e. The van der Waals surface area contributed by atoms with Crippen molar-refractivity contribution in [2.45, 2.75) is 53.0 Å². The number of carbonyl (C=O) groups is 1. The van der Waals surface area contributed by atoms with Gasteiger partial charge < -0.3 is 15.8 Å². The zero-order chi connectivity index (χ0) is 16.5. The molecule has 1 saturated carbocycles. The number of methoxy groups -OCH3 is 1. The molecule has 1 aromatic carbocycles. The summed E-state index contributed by atoms with van der Waals surface area (Å²) in [4.78, 5) is 11.7. The third kappa shape index (κ3) is 3.73. The lowest BCUT2D eigenvalue weighted by Crippen LogP contribution is -2.35. The molecule has 122 valence electrons. The van der Waals surface area contributed by atoms with E-state index in [-0.39, 0.29) is 5.97 Å². The summed E-state index contributed by atoms with van der Waals surface area (Å²) < 4.78 is 4.79. The second-order valence-electron chi connectivity index (χ2n) is 7.50. The Kier molecular flexibility index (Phi) is 4.69. The number of aryl methyl sites for hydroxylation is 1. The van der Waals surface area contributed by atoms with Crippen LogP contribution in [0.4, 0.5) is 11.4 Å². The molecule has 0 bridgehead atoms. The van der Waals surface area contributed by atoms with Crippen molar-refractivity contribution in [3.63, 3.8) is 0 Å². The minimum Gasteiger partial charge on any atom is -0.465 e. The first kappa shape index (κ1) is 16.7. The molecule has 1 aliphatic rings. The highest BCUT2D eigenvalue weighted by Crippen LogP contribution is 2.40. The van der Waals surface area contributed by atoms with Gasteiger partial charge in [0.2, 0.25) is 0 Å². The molecular formula is C18H28N2O2. The zero-order valence-corrected chi connectivity index (χ0v) is 14.3. The summed E-state index contributed by atoms with van der Waals surface area (Å²) >= 11 is 0. The van der Waals surface area contributed by atoms with Gasteiger partial charge in [0.15, 0.2) is 0 Å². The Morgan fingerprint density at radius 1 is 1.36 bits per heavy atom. The molecule has 22 heavy (non-hydrogen) atoms. The number of hydrogen-bond donors (Lipinski definition) is 2. The van der Waals surface area contributed by atoms with Crippen molar-refractivity contribution in [1.29, 1.82) is 0 Å². The second-order valence-corrected chi connectivity index (χ2v) is 7.50. The number of ether oxygens (including phenoxy) is 1. The third-order valence-corrected chi connectivity index (χ3v) is 4.55. The van der Waals surface area contributed by atoms with Crippen molar-refractivity contribution in [3.05, 3.63) is 23.3 Å². The highest BCUT2D eigenvalue weighted by atomic mass is 16.5. The Labute approximate surface area is 133 Å². The summed E-state index contributed by atoms with van der Waals surface area (Å²) in [7, 11) is 1.38. The van der Waals surface area contributed by atoms with Crippen LogP contribution in [0.15, 0.2) is 12.1 Å². The number of hydrogen-bond acceptors (Lipinski definition) is 4. The average molecular weight is 304 g/mol. The predicted molar refractivity (Wildman–Crippen MR) is 91.1 cm³/mol. The first-order chi connectivity index (χ1) is 10.2. The summed E-state index contributed by atoms with van der Waals surface area (Å²) in [6.07, 6.45) is 3.55. The molecule has 4 nitrogen and oxygen atoms in total. The summed E-state index contributed by atoms with van der Waals surface area (Å²) in [6, 6.07) is 4.08. The maximum Gasteiger partial charge on any atom is 0.338 e. The molecule has 2 rings (SSSR count). The standard InChI is InChI=1S/C18H28N2O2/c1-11-6-13(10-18(3,4)9-11)20-16-7-12(2)14(8-15(16)19)17(21)22-5/h7-8,11,13,20H,6,9-10,19H2,1-5H3/t11-,13+/m1/s1. The lowest BCUT2D eigenvalue weighted by Gasteiger charge is -2.39. The fourth-order valence-electron chi connectivity index (χ4n) is 3.86. The van der Waals surface area contributed by atoms with Gasteiger partial charge >= 0.3 is 5.97 Å². The average Bonchev–Trinajstić information content (AvgIpc) is 2.39. The highest BCUT2D eigenvalue weighted by molar-refractivity contribution is 5.93. The Morgan fingerprint density at radius 3 is 2.64 bits per heavy atom. The van der Waals surface area contributed by atoms with Crippen LogP contribution >= 0.6 is 0 Å². The first-order valence-corrected chi connectivity index (χ1v) is 7.97. The number of anilines is 2.